The number of aliphatic hydroxyl groups is 2. The van der Waals surface area contributed by atoms with E-state index >= 15 is 0 Å². The molecule has 0 spiro atoms. The maximum Gasteiger partial charge on any atom is 0.213 e. The van der Waals surface area contributed by atoms with Crippen molar-refractivity contribution in [3.63, 3.8) is 0 Å². The van der Waals surface area contributed by atoms with E-state index in [1.807, 2.05) is 0 Å². The Balaban J connectivity index is 1.54. The summed E-state index contributed by atoms with van der Waals surface area (Å²) in [6.45, 7) is -1.08. The lowest BCUT2D eigenvalue weighted by atomic mass is 10.2. The van der Waals surface area contributed by atoms with Crippen molar-refractivity contribution in [3.8, 4) is 22.9 Å². The standard InChI is InChI=1S/C22H23F2N7O5S/c23-16-4-2-1-3-14(16)12-31-20(18-5-7-36-30-18)9-19(29-31)22-26-11-17(24)21(28-22)25-6-8-37(34,35)27-10-15(33)13-32/h1-5,7,9,11,15,27,32-33H,6,8,10,12-13H2,(H,25,26,28)/t15-/m0/s1. The minimum atomic E-state index is -3.80. The monoisotopic (exact) mass is 535 g/mol. The molecule has 15 heteroatoms. The van der Waals surface area contributed by atoms with Crippen LogP contribution in [-0.2, 0) is 16.6 Å². The molecule has 196 valence electrons. The number of anilines is 1. The minimum absolute atomic E-state index is 0.0352. The summed E-state index contributed by atoms with van der Waals surface area (Å²) in [7, 11) is -3.80. The molecule has 0 aliphatic rings. The summed E-state index contributed by atoms with van der Waals surface area (Å²) in [4.78, 5) is 8.11. The second kappa shape index (κ2) is 11.5. The Morgan fingerprint density at radius 3 is 2.68 bits per heavy atom. The molecule has 0 bridgehead atoms. The Kier molecular flexibility index (Phi) is 8.17. The van der Waals surface area contributed by atoms with E-state index in [2.05, 4.69) is 30.3 Å². The number of aromatic nitrogens is 5. The molecule has 12 nitrogen and oxygen atoms in total. The van der Waals surface area contributed by atoms with Crippen molar-refractivity contribution < 1.29 is 31.9 Å². The molecule has 37 heavy (non-hydrogen) atoms. The van der Waals surface area contributed by atoms with E-state index < -0.39 is 40.1 Å². The summed E-state index contributed by atoms with van der Waals surface area (Å²) in [5.74, 6) is -1.88. The molecule has 0 aliphatic heterocycles. The van der Waals surface area contributed by atoms with Crippen LogP contribution in [0.4, 0.5) is 14.6 Å². The highest BCUT2D eigenvalue weighted by Crippen LogP contribution is 2.26. The number of rotatable bonds is 12. The second-order valence-corrected chi connectivity index (χ2v) is 9.80. The molecule has 4 N–H and O–H groups in total. The molecule has 4 aromatic rings. The van der Waals surface area contributed by atoms with E-state index in [9.17, 15) is 22.3 Å². The first-order valence-corrected chi connectivity index (χ1v) is 12.7. The van der Waals surface area contributed by atoms with Crippen molar-refractivity contribution in [1.29, 1.82) is 0 Å². The molecule has 3 heterocycles. The molecule has 0 fully saturated rings. The number of nitrogens with zero attached hydrogens (tertiary/aromatic N) is 5. The van der Waals surface area contributed by atoms with Crippen LogP contribution in [0.3, 0.4) is 0 Å². The highest BCUT2D eigenvalue weighted by atomic mass is 32.2. The van der Waals surface area contributed by atoms with Crippen LogP contribution in [0.5, 0.6) is 0 Å². The third kappa shape index (κ3) is 6.71. The highest BCUT2D eigenvalue weighted by Gasteiger charge is 2.19. The van der Waals surface area contributed by atoms with E-state index in [-0.39, 0.29) is 37.0 Å². The predicted octanol–water partition coefficient (Wildman–Crippen LogP) is 1.01. The van der Waals surface area contributed by atoms with Crippen molar-refractivity contribution >= 4 is 15.8 Å². The van der Waals surface area contributed by atoms with E-state index in [1.54, 1.807) is 30.3 Å². The van der Waals surface area contributed by atoms with Crippen LogP contribution in [0.1, 0.15) is 5.56 Å². The van der Waals surface area contributed by atoms with Gasteiger partial charge in [0.2, 0.25) is 10.0 Å². The van der Waals surface area contributed by atoms with E-state index in [0.717, 1.165) is 6.20 Å². The molecule has 1 aromatic carbocycles. The molecule has 1 atom stereocenters. The van der Waals surface area contributed by atoms with Gasteiger partial charge in [-0.3, -0.25) is 4.68 Å². The first-order valence-electron chi connectivity index (χ1n) is 11.0. The topological polar surface area (TPSA) is 168 Å². The zero-order valence-electron chi connectivity index (χ0n) is 19.3. The SMILES string of the molecule is O=S(=O)(CCNc1nc(-c2cc(-c3ccon3)n(Cc3ccccc3F)n2)ncc1F)NC[C@H](O)CO. The average molecular weight is 536 g/mol. The number of benzene rings is 1. The largest absolute Gasteiger partial charge is 0.394 e. The van der Waals surface area contributed by atoms with Gasteiger partial charge in [0.25, 0.3) is 0 Å². The molecule has 0 radical (unpaired) electrons. The Morgan fingerprint density at radius 2 is 1.95 bits per heavy atom. The van der Waals surface area contributed by atoms with Crippen molar-refractivity contribution in [2.24, 2.45) is 0 Å². The van der Waals surface area contributed by atoms with Gasteiger partial charge in [0.05, 0.1) is 36.9 Å². The van der Waals surface area contributed by atoms with Gasteiger partial charge in [-0.05, 0) is 12.1 Å². The lowest BCUT2D eigenvalue weighted by molar-refractivity contribution is 0.0988. The van der Waals surface area contributed by atoms with Crippen LogP contribution in [0.2, 0.25) is 0 Å². The van der Waals surface area contributed by atoms with Crippen LogP contribution in [0.15, 0.2) is 53.4 Å². The van der Waals surface area contributed by atoms with E-state index in [1.165, 1.54) is 17.0 Å². The smallest absolute Gasteiger partial charge is 0.213 e. The van der Waals surface area contributed by atoms with Crippen molar-refractivity contribution in [3.05, 3.63) is 66.1 Å². The van der Waals surface area contributed by atoms with Crippen molar-refractivity contribution in [1.82, 2.24) is 29.6 Å². The Morgan fingerprint density at radius 1 is 1.14 bits per heavy atom. The number of halogens is 2. The average Bonchev–Trinajstić information content (AvgIpc) is 3.55. The van der Waals surface area contributed by atoms with Gasteiger partial charge < -0.3 is 20.1 Å². The number of sulfonamides is 1. The van der Waals surface area contributed by atoms with Crippen molar-refractivity contribution in [2.45, 2.75) is 12.6 Å². The van der Waals surface area contributed by atoms with Gasteiger partial charge in [-0.15, -0.1) is 0 Å². The second-order valence-electron chi connectivity index (χ2n) is 7.87. The first-order chi connectivity index (χ1) is 17.8. The maximum absolute atomic E-state index is 14.3. The third-order valence-corrected chi connectivity index (χ3v) is 6.49. The van der Waals surface area contributed by atoms with Gasteiger partial charge >= 0.3 is 0 Å². The fourth-order valence-corrected chi connectivity index (χ4v) is 4.23. The molecule has 0 unspecified atom stereocenters. The summed E-state index contributed by atoms with van der Waals surface area (Å²) >= 11 is 0. The predicted molar refractivity (Wildman–Crippen MR) is 128 cm³/mol. The third-order valence-electron chi connectivity index (χ3n) is 5.14. The normalized spacial score (nSPS) is 12.5. The van der Waals surface area contributed by atoms with Gasteiger partial charge in [0, 0.05) is 24.7 Å². The van der Waals surface area contributed by atoms with Crippen LogP contribution in [0.25, 0.3) is 22.9 Å². The first kappa shape index (κ1) is 26.3. The molecular formula is C22H23F2N7O5S. The molecule has 0 amide bonds. The lowest BCUT2D eigenvalue weighted by Crippen LogP contribution is -2.36. The summed E-state index contributed by atoms with van der Waals surface area (Å²) in [6, 6.07) is 9.42. The maximum atomic E-state index is 14.3. The Hall–Kier alpha value is -3.79. The summed E-state index contributed by atoms with van der Waals surface area (Å²) in [5, 5.41) is 29.0. The molecule has 3 aromatic heterocycles. The zero-order chi connectivity index (χ0) is 26.4. The number of hydrogen-bond acceptors (Lipinski definition) is 10. The fraction of sp³-hybridized carbons (Fsp3) is 0.273. The fourth-order valence-electron chi connectivity index (χ4n) is 3.26. The zero-order valence-corrected chi connectivity index (χ0v) is 20.1. The highest BCUT2D eigenvalue weighted by molar-refractivity contribution is 7.89. The number of aliphatic hydroxyl groups excluding tert-OH is 2. The molecule has 0 saturated heterocycles. The van der Waals surface area contributed by atoms with Gasteiger partial charge in [-0.1, -0.05) is 23.4 Å². The minimum Gasteiger partial charge on any atom is -0.394 e. The number of nitrogens with one attached hydrogen (secondary N) is 2. The quantitative estimate of drug-likeness (QED) is 0.205. The van der Waals surface area contributed by atoms with Crippen LogP contribution in [0, 0.1) is 11.6 Å². The van der Waals surface area contributed by atoms with Crippen LogP contribution >= 0.6 is 0 Å². The van der Waals surface area contributed by atoms with Gasteiger partial charge in [-0.2, -0.15) is 5.10 Å². The van der Waals surface area contributed by atoms with Crippen molar-refractivity contribution in [2.75, 3.05) is 30.8 Å². The van der Waals surface area contributed by atoms with Gasteiger partial charge in [0.15, 0.2) is 17.5 Å². The van der Waals surface area contributed by atoms with E-state index in [4.69, 9.17) is 9.63 Å². The molecule has 0 aliphatic carbocycles. The summed E-state index contributed by atoms with van der Waals surface area (Å²) < 4.78 is 61.2. The molecule has 0 saturated carbocycles. The summed E-state index contributed by atoms with van der Waals surface area (Å²) in [6.07, 6.45) is 1.06. The van der Waals surface area contributed by atoms with E-state index in [0.29, 0.717) is 17.0 Å². The molecular weight excluding hydrogens is 512 g/mol. The van der Waals surface area contributed by atoms with Crippen LogP contribution < -0.4 is 10.0 Å². The van der Waals surface area contributed by atoms with Gasteiger partial charge in [0.1, 0.15) is 23.5 Å². The Bertz CT molecular complexity index is 1450. The Labute approximate surface area is 210 Å². The lowest BCUT2D eigenvalue weighted by Gasteiger charge is -2.11. The molecule has 4 rings (SSSR count). The number of hydrogen-bond donors (Lipinski definition) is 4. The summed E-state index contributed by atoms with van der Waals surface area (Å²) in [5.41, 5.74) is 1.53. The van der Waals surface area contributed by atoms with Crippen LogP contribution in [-0.4, -0.2) is 75.1 Å². The van der Waals surface area contributed by atoms with Gasteiger partial charge in [-0.25, -0.2) is 31.9 Å².